The summed E-state index contributed by atoms with van der Waals surface area (Å²) in [5, 5.41) is 20.6. The van der Waals surface area contributed by atoms with Crippen LogP contribution >= 0.6 is 0 Å². The zero-order valence-corrected chi connectivity index (χ0v) is 8.00. The third-order valence-electron chi connectivity index (χ3n) is 2.00. The number of carbonyl (C=O) groups excluding carboxylic acids is 1. The minimum Gasteiger partial charge on any atom is -0.481 e. The molecule has 2 atom stereocenters. The highest BCUT2D eigenvalue weighted by Gasteiger charge is 2.33. The number of rotatable bonds is 4. The molecule has 0 aliphatic heterocycles. The summed E-state index contributed by atoms with van der Waals surface area (Å²) in [6.45, 7) is 4.02. The molecular weight excluding hydrogens is 174 g/mol. The number of amides is 1. The number of carbonyl (C=O) groups is 2. The van der Waals surface area contributed by atoms with E-state index < -0.39 is 17.5 Å². The largest absolute Gasteiger partial charge is 0.481 e. The van der Waals surface area contributed by atoms with E-state index in [1.54, 1.807) is 0 Å². The summed E-state index contributed by atoms with van der Waals surface area (Å²) in [6, 6.07) is 0. The van der Waals surface area contributed by atoms with E-state index in [-0.39, 0.29) is 12.5 Å². The second-order valence-electron chi connectivity index (χ2n) is 3.33. The second kappa shape index (κ2) is 4.23. The standard InChI is InChI=1S/C8H15NO4/c1-5(7(11)12)8(3,13)4-9-6(2)10/h5,13H,4H2,1-3H3,(H,9,10)(H,11,12)/t5-,8+/m0/s1. The molecule has 0 rings (SSSR count). The lowest BCUT2D eigenvalue weighted by atomic mass is 9.91. The van der Waals surface area contributed by atoms with Gasteiger partial charge in [-0.25, -0.2) is 0 Å². The molecule has 3 N–H and O–H groups in total. The van der Waals surface area contributed by atoms with Crippen molar-refractivity contribution in [1.82, 2.24) is 5.32 Å². The molecule has 0 aliphatic rings. The Morgan fingerprint density at radius 1 is 1.54 bits per heavy atom. The molecule has 1 amide bonds. The van der Waals surface area contributed by atoms with Gasteiger partial charge in [-0.05, 0) is 13.8 Å². The Kier molecular flexibility index (Phi) is 3.87. The molecule has 13 heavy (non-hydrogen) atoms. The summed E-state index contributed by atoms with van der Waals surface area (Å²) < 4.78 is 0. The van der Waals surface area contributed by atoms with Crippen molar-refractivity contribution in [2.45, 2.75) is 26.4 Å². The summed E-state index contributed by atoms with van der Waals surface area (Å²) in [5.74, 6) is -2.30. The summed E-state index contributed by atoms with van der Waals surface area (Å²) in [6.07, 6.45) is 0. The number of hydrogen-bond donors (Lipinski definition) is 3. The monoisotopic (exact) mass is 189 g/mol. The van der Waals surface area contributed by atoms with Gasteiger partial charge in [0.25, 0.3) is 0 Å². The van der Waals surface area contributed by atoms with Crippen LogP contribution in [0.2, 0.25) is 0 Å². The minimum absolute atomic E-state index is 0.0597. The smallest absolute Gasteiger partial charge is 0.309 e. The lowest BCUT2D eigenvalue weighted by Crippen LogP contribution is -2.47. The minimum atomic E-state index is -1.42. The van der Waals surface area contributed by atoms with Gasteiger partial charge < -0.3 is 15.5 Å². The van der Waals surface area contributed by atoms with Crippen LogP contribution in [-0.4, -0.2) is 34.2 Å². The van der Waals surface area contributed by atoms with E-state index in [4.69, 9.17) is 5.11 Å². The lowest BCUT2D eigenvalue weighted by molar-refractivity contribution is -0.150. The zero-order valence-electron chi connectivity index (χ0n) is 8.00. The van der Waals surface area contributed by atoms with Gasteiger partial charge in [0.2, 0.25) is 5.91 Å². The van der Waals surface area contributed by atoms with Crippen molar-refractivity contribution in [2.75, 3.05) is 6.54 Å². The van der Waals surface area contributed by atoms with Gasteiger partial charge >= 0.3 is 5.97 Å². The number of nitrogens with one attached hydrogen (secondary N) is 1. The Morgan fingerprint density at radius 3 is 2.31 bits per heavy atom. The molecule has 0 fully saturated rings. The quantitative estimate of drug-likeness (QED) is 0.561. The first-order chi connectivity index (χ1) is 5.77. The van der Waals surface area contributed by atoms with E-state index in [2.05, 4.69) is 5.32 Å². The highest BCUT2D eigenvalue weighted by molar-refractivity contribution is 5.74. The molecule has 0 saturated carbocycles. The van der Waals surface area contributed by atoms with E-state index in [1.807, 2.05) is 0 Å². The van der Waals surface area contributed by atoms with Gasteiger partial charge in [-0.3, -0.25) is 9.59 Å². The fourth-order valence-electron chi connectivity index (χ4n) is 0.723. The molecule has 5 heteroatoms. The molecule has 0 spiro atoms. The Bertz CT molecular complexity index is 212. The number of aliphatic carboxylic acids is 1. The van der Waals surface area contributed by atoms with Crippen molar-refractivity contribution in [3.05, 3.63) is 0 Å². The molecule has 76 valence electrons. The van der Waals surface area contributed by atoms with Crippen LogP contribution in [-0.2, 0) is 9.59 Å². The fourth-order valence-corrected chi connectivity index (χ4v) is 0.723. The summed E-state index contributed by atoms with van der Waals surface area (Å²) in [4.78, 5) is 21.0. The lowest BCUT2D eigenvalue weighted by Gasteiger charge is -2.27. The maximum Gasteiger partial charge on any atom is 0.309 e. The van der Waals surface area contributed by atoms with Gasteiger partial charge in [-0.1, -0.05) is 0 Å². The molecule has 0 aromatic rings. The van der Waals surface area contributed by atoms with E-state index >= 15 is 0 Å². The Hall–Kier alpha value is -1.10. The molecule has 0 aromatic heterocycles. The van der Waals surface area contributed by atoms with Crippen molar-refractivity contribution in [3.8, 4) is 0 Å². The van der Waals surface area contributed by atoms with Gasteiger partial charge in [0.1, 0.15) is 0 Å². The Labute approximate surface area is 76.8 Å². The maximum absolute atomic E-state index is 10.5. The maximum atomic E-state index is 10.5. The Balaban J connectivity index is 4.21. The fraction of sp³-hybridized carbons (Fsp3) is 0.750. The van der Waals surface area contributed by atoms with Gasteiger partial charge in [0, 0.05) is 13.5 Å². The van der Waals surface area contributed by atoms with Gasteiger partial charge in [-0.15, -0.1) is 0 Å². The second-order valence-corrected chi connectivity index (χ2v) is 3.33. The first-order valence-electron chi connectivity index (χ1n) is 3.97. The normalized spacial score (nSPS) is 17.2. The van der Waals surface area contributed by atoms with Crippen LogP contribution in [0.5, 0.6) is 0 Å². The topological polar surface area (TPSA) is 86.6 Å². The molecule has 0 radical (unpaired) electrons. The molecule has 0 bridgehead atoms. The molecule has 5 nitrogen and oxygen atoms in total. The zero-order chi connectivity index (χ0) is 10.6. The Morgan fingerprint density at radius 2 is 2.00 bits per heavy atom. The predicted molar refractivity (Wildman–Crippen MR) is 46.1 cm³/mol. The molecular formula is C8H15NO4. The molecule has 0 aliphatic carbocycles. The first-order valence-corrected chi connectivity index (χ1v) is 3.97. The SMILES string of the molecule is CC(=O)NC[C@@](C)(O)[C@@H](C)C(=O)O. The van der Waals surface area contributed by atoms with Gasteiger partial charge in [0.15, 0.2) is 0 Å². The first kappa shape index (κ1) is 11.9. The van der Waals surface area contributed by atoms with Crippen molar-refractivity contribution >= 4 is 11.9 Å². The van der Waals surface area contributed by atoms with E-state index in [0.29, 0.717) is 0 Å². The highest BCUT2D eigenvalue weighted by Crippen LogP contribution is 2.15. The number of aliphatic hydroxyl groups is 1. The van der Waals surface area contributed by atoms with Crippen molar-refractivity contribution in [3.63, 3.8) is 0 Å². The predicted octanol–water partition coefficient (Wildman–Crippen LogP) is -0.406. The third-order valence-corrected chi connectivity index (χ3v) is 2.00. The van der Waals surface area contributed by atoms with Gasteiger partial charge in [0.05, 0.1) is 11.5 Å². The van der Waals surface area contributed by atoms with Crippen LogP contribution in [0, 0.1) is 5.92 Å². The van der Waals surface area contributed by atoms with Crippen LogP contribution in [0.3, 0.4) is 0 Å². The number of carboxylic acid groups (broad SMARTS) is 1. The van der Waals surface area contributed by atoms with Crippen LogP contribution < -0.4 is 5.32 Å². The van der Waals surface area contributed by atoms with Crippen LogP contribution in [0.4, 0.5) is 0 Å². The van der Waals surface area contributed by atoms with E-state index in [1.165, 1.54) is 20.8 Å². The number of carboxylic acids is 1. The van der Waals surface area contributed by atoms with E-state index in [0.717, 1.165) is 0 Å². The van der Waals surface area contributed by atoms with Crippen LogP contribution in [0.25, 0.3) is 0 Å². The molecule has 0 unspecified atom stereocenters. The molecule has 0 heterocycles. The van der Waals surface area contributed by atoms with Crippen molar-refractivity contribution in [1.29, 1.82) is 0 Å². The van der Waals surface area contributed by atoms with Crippen LogP contribution in [0.1, 0.15) is 20.8 Å². The highest BCUT2D eigenvalue weighted by atomic mass is 16.4. The van der Waals surface area contributed by atoms with Gasteiger partial charge in [-0.2, -0.15) is 0 Å². The van der Waals surface area contributed by atoms with Crippen molar-refractivity contribution < 1.29 is 19.8 Å². The van der Waals surface area contributed by atoms with E-state index in [9.17, 15) is 14.7 Å². The van der Waals surface area contributed by atoms with Crippen LogP contribution in [0.15, 0.2) is 0 Å². The molecule has 0 aromatic carbocycles. The summed E-state index contributed by atoms with van der Waals surface area (Å²) in [5.41, 5.74) is -1.42. The molecule has 0 saturated heterocycles. The van der Waals surface area contributed by atoms with Crippen molar-refractivity contribution in [2.24, 2.45) is 5.92 Å². The average molecular weight is 189 g/mol. The summed E-state index contributed by atoms with van der Waals surface area (Å²) >= 11 is 0. The third kappa shape index (κ3) is 3.89. The summed E-state index contributed by atoms with van der Waals surface area (Å²) in [7, 11) is 0. The average Bonchev–Trinajstić information content (AvgIpc) is 1.99. The number of hydrogen-bond acceptors (Lipinski definition) is 3.